The predicted octanol–water partition coefficient (Wildman–Crippen LogP) is 2.50. The maximum atomic E-state index is 12.6. The van der Waals surface area contributed by atoms with Gasteiger partial charge in [0.15, 0.2) is 0 Å². The van der Waals surface area contributed by atoms with E-state index in [0.717, 1.165) is 19.3 Å². The number of carboxylic acid groups (broad SMARTS) is 1. The number of carbonyl (C=O) groups excluding carboxylic acids is 1. The van der Waals surface area contributed by atoms with Crippen molar-refractivity contribution in [3.05, 3.63) is 34.9 Å². The van der Waals surface area contributed by atoms with E-state index in [2.05, 4.69) is 6.07 Å². The van der Waals surface area contributed by atoms with E-state index in [1.54, 1.807) is 4.90 Å². The summed E-state index contributed by atoms with van der Waals surface area (Å²) < 4.78 is 0. The van der Waals surface area contributed by atoms with Gasteiger partial charge < -0.3 is 10.0 Å². The summed E-state index contributed by atoms with van der Waals surface area (Å²) in [5.74, 6) is -1.23. The van der Waals surface area contributed by atoms with Crippen molar-refractivity contribution >= 4 is 11.9 Å². The lowest BCUT2D eigenvalue weighted by Gasteiger charge is -2.31. The number of carbonyl (C=O) groups is 2. The van der Waals surface area contributed by atoms with Crippen molar-refractivity contribution in [2.75, 3.05) is 13.1 Å². The van der Waals surface area contributed by atoms with Gasteiger partial charge in [-0.2, -0.15) is 0 Å². The summed E-state index contributed by atoms with van der Waals surface area (Å²) in [7, 11) is 0. The molecular formula is C17H21NO3. The third-order valence-electron chi connectivity index (χ3n) is 4.65. The molecule has 0 saturated carbocycles. The topological polar surface area (TPSA) is 57.6 Å². The largest absolute Gasteiger partial charge is 0.481 e. The molecule has 0 aromatic heterocycles. The monoisotopic (exact) mass is 287 g/mol. The highest BCUT2D eigenvalue weighted by Crippen LogP contribution is 2.24. The summed E-state index contributed by atoms with van der Waals surface area (Å²) in [6.45, 7) is 1.00. The number of rotatable bonds is 2. The molecule has 1 saturated heterocycles. The molecule has 0 bridgehead atoms. The molecule has 3 rings (SSSR count). The zero-order valence-corrected chi connectivity index (χ0v) is 12.2. The smallest absolute Gasteiger partial charge is 0.308 e. The molecule has 4 nitrogen and oxygen atoms in total. The first-order chi connectivity index (χ1) is 10.1. The quantitative estimate of drug-likeness (QED) is 0.909. The van der Waals surface area contributed by atoms with Crippen LogP contribution in [0.2, 0.25) is 0 Å². The van der Waals surface area contributed by atoms with Crippen LogP contribution >= 0.6 is 0 Å². The van der Waals surface area contributed by atoms with Crippen LogP contribution in [0.1, 0.15) is 47.2 Å². The number of likely N-dealkylation sites (tertiary alicyclic amines) is 1. The zero-order valence-electron chi connectivity index (χ0n) is 12.2. The Morgan fingerprint density at radius 2 is 1.86 bits per heavy atom. The molecule has 1 aromatic rings. The van der Waals surface area contributed by atoms with Crippen LogP contribution in [0.4, 0.5) is 0 Å². The van der Waals surface area contributed by atoms with E-state index in [0.29, 0.717) is 25.1 Å². The summed E-state index contributed by atoms with van der Waals surface area (Å²) in [6, 6.07) is 5.98. The van der Waals surface area contributed by atoms with Gasteiger partial charge in [0.1, 0.15) is 0 Å². The second-order valence-corrected chi connectivity index (χ2v) is 6.12. The highest BCUT2D eigenvalue weighted by atomic mass is 16.4. The number of hydrogen-bond donors (Lipinski definition) is 1. The standard InChI is InChI=1S/C17H21NO3/c19-16(18-9-3-6-15(11-18)17(20)21)14-8-7-12-4-1-2-5-13(12)10-14/h7-8,10,15H,1-6,9,11H2,(H,20,21). The maximum absolute atomic E-state index is 12.6. The number of amides is 1. The Balaban J connectivity index is 1.77. The predicted molar refractivity (Wildman–Crippen MR) is 79.3 cm³/mol. The van der Waals surface area contributed by atoms with Crippen LogP contribution in [0.3, 0.4) is 0 Å². The van der Waals surface area contributed by atoms with Gasteiger partial charge in [0, 0.05) is 18.7 Å². The van der Waals surface area contributed by atoms with Crippen molar-refractivity contribution in [3.63, 3.8) is 0 Å². The molecule has 1 unspecified atom stereocenters. The molecule has 1 aliphatic carbocycles. The van der Waals surface area contributed by atoms with Gasteiger partial charge >= 0.3 is 5.97 Å². The molecule has 1 N–H and O–H groups in total. The fourth-order valence-electron chi connectivity index (χ4n) is 3.41. The fraction of sp³-hybridized carbons (Fsp3) is 0.529. The van der Waals surface area contributed by atoms with Crippen molar-refractivity contribution in [1.29, 1.82) is 0 Å². The number of aliphatic carboxylic acids is 1. The second-order valence-electron chi connectivity index (χ2n) is 6.12. The zero-order chi connectivity index (χ0) is 14.8. The normalized spacial score (nSPS) is 21.7. The van der Waals surface area contributed by atoms with Crippen LogP contribution in [0, 0.1) is 5.92 Å². The number of nitrogens with zero attached hydrogens (tertiary/aromatic N) is 1. The average Bonchev–Trinajstić information content (AvgIpc) is 2.53. The van der Waals surface area contributed by atoms with Gasteiger partial charge in [0.2, 0.25) is 0 Å². The number of benzene rings is 1. The van der Waals surface area contributed by atoms with Crippen LogP contribution in [-0.4, -0.2) is 35.0 Å². The highest BCUT2D eigenvalue weighted by molar-refractivity contribution is 5.95. The molecular weight excluding hydrogens is 266 g/mol. The van der Waals surface area contributed by atoms with Gasteiger partial charge in [-0.05, 0) is 61.8 Å². The van der Waals surface area contributed by atoms with E-state index in [1.807, 2.05) is 12.1 Å². The highest BCUT2D eigenvalue weighted by Gasteiger charge is 2.28. The van der Waals surface area contributed by atoms with Crippen LogP contribution in [-0.2, 0) is 17.6 Å². The number of fused-ring (bicyclic) bond motifs is 1. The Morgan fingerprint density at radius 1 is 1.10 bits per heavy atom. The number of piperidine rings is 1. The van der Waals surface area contributed by atoms with Crippen molar-refractivity contribution < 1.29 is 14.7 Å². The minimum absolute atomic E-state index is 0.0191. The third-order valence-corrected chi connectivity index (χ3v) is 4.65. The molecule has 1 fully saturated rings. The lowest BCUT2D eigenvalue weighted by molar-refractivity contribution is -0.143. The van der Waals surface area contributed by atoms with Crippen LogP contribution < -0.4 is 0 Å². The van der Waals surface area contributed by atoms with E-state index in [9.17, 15) is 9.59 Å². The van der Waals surface area contributed by atoms with E-state index >= 15 is 0 Å². The summed E-state index contributed by atoms with van der Waals surface area (Å²) in [5, 5.41) is 9.13. The minimum atomic E-state index is -0.794. The molecule has 1 atom stereocenters. The summed E-state index contributed by atoms with van der Waals surface area (Å²) in [4.78, 5) is 25.4. The lowest BCUT2D eigenvalue weighted by Crippen LogP contribution is -2.42. The SMILES string of the molecule is O=C(O)C1CCCN(C(=O)c2ccc3c(c2)CCCC3)C1. The summed E-state index contributed by atoms with van der Waals surface area (Å²) in [6.07, 6.45) is 6.02. The first-order valence-electron chi connectivity index (χ1n) is 7.79. The molecule has 2 aliphatic rings. The van der Waals surface area contributed by atoms with Gasteiger partial charge in [-0.15, -0.1) is 0 Å². The van der Waals surface area contributed by atoms with Crippen molar-refractivity contribution in [1.82, 2.24) is 4.90 Å². The Morgan fingerprint density at radius 3 is 2.62 bits per heavy atom. The average molecular weight is 287 g/mol. The summed E-state index contributed by atoms with van der Waals surface area (Å²) >= 11 is 0. The van der Waals surface area contributed by atoms with Crippen LogP contribution in [0.25, 0.3) is 0 Å². The molecule has 112 valence electrons. The number of aryl methyl sites for hydroxylation is 2. The van der Waals surface area contributed by atoms with Crippen molar-refractivity contribution in [2.24, 2.45) is 5.92 Å². The van der Waals surface area contributed by atoms with E-state index in [4.69, 9.17) is 5.11 Å². The molecule has 0 radical (unpaired) electrons. The van der Waals surface area contributed by atoms with Crippen LogP contribution in [0.5, 0.6) is 0 Å². The van der Waals surface area contributed by atoms with Gasteiger partial charge in [-0.3, -0.25) is 9.59 Å². The molecule has 1 amide bonds. The Hall–Kier alpha value is -1.84. The van der Waals surface area contributed by atoms with Crippen molar-refractivity contribution in [2.45, 2.75) is 38.5 Å². The van der Waals surface area contributed by atoms with Crippen LogP contribution in [0.15, 0.2) is 18.2 Å². The van der Waals surface area contributed by atoms with E-state index in [-0.39, 0.29) is 5.91 Å². The van der Waals surface area contributed by atoms with Gasteiger partial charge in [0.25, 0.3) is 5.91 Å². The lowest BCUT2D eigenvalue weighted by atomic mass is 9.90. The van der Waals surface area contributed by atoms with Gasteiger partial charge in [-0.25, -0.2) is 0 Å². The molecule has 0 spiro atoms. The molecule has 1 heterocycles. The third kappa shape index (κ3) is 2.94. The minimum Gasteiger partial charge on any atom is -0.481 e. The summed E-state index contributed by atoms with van der Waals surface area (Å²) in [5.41, 5.74) is 3.36. The Kier molecular flexibility index (Phi) is 3.95. The molecule has 4 heteroatoms. The Bertz CT molecular complexity index is 567. The Labute approximate surface area is 124 Å². The maximum Gasteiger partial charge on any atom is 0.308 e. The first-order valence-corrected chi connectivity index (χ1v) is 7.79. The molecule has 21 heavy (non-hydrogen) atoms. The van der Waals surface area contributed by atoms with Gasteiger partial charge in [-0.1, -0.05) is 6.07 Å². The second kappa shape index (κ2) is 5.88. The van der Waals surface area contributed by atoms with Crippen molar-refractivity contribution in [3.8, 4) is 0 Å². The number of hydrogen-bond acceptors (Lipinski definition) is 2. The fourth-order valence-corrected chi connectivity index (χ4v) is 3.41. The molecule has 1 aliphatic heterocycles. The van der Waals surface area contributed by atoms with E-state index in [1.165, 1.54) is 24.0 Å². The van der Waals surface area contributed by atoms with E-state index < -0.39 is 11.9 Å². The first kappa shape index (κ1) is 14.1. The van der Waals surface area contributed by atoms with Gasteiger partial charge in [0.05, 0.1) is 5.92 Å². The number of carboxylic acids is 1. The molecule has 1 aromatic carbocycles.